The van der Waals surface area contributed by atoms with Gasteiger partial charge < -0.3 is 5.32 Å². The van der Waals surface area contributed by atoms with Crippen LogP contribution in [0.25, 0.3) is 11.3 Å². The Morgan fingerprint density at radius 1 is 1.26 bits per heavy atom. The van der Waals surface area contributed by atoms with Gasteiger partial charge in [-0.3, -0.25) is 19.4 Å². The zero-order valence-electron chi connectivity index (χ0n) is 12.4. The Bertz CT molecular complexity index is 828. The van der Waals surface area contributed by atoms with Crippen LogP contribution in [-0.4, -0.2) is 25.7 Å². The highest BCUT2D eigenvalue weighted by Crippen LogP contribution is 2.15. The van der Waals surface area contributed by atoms with Gasteiger partial charge >= 0.3 is 0 Å². The van der Waals surface area contributed by atoms with Crippen LogP contribution in [0.5, 0.6) is 0 Å². The van der Waals surface area contributed by atoms with Gasteiger partial charge in [0, 0.05) is 37.7 Å². The summed E-state index contributed by atoms with van der Waals surface area (Å²) < 4.78 is 14.7. The van der Waals surface area contributed by atoms with Gasteiger partial charge in [0.15, 0.2) is 0 Å². The highest BCUT2D eigenvalue weighted by Gasteiger charge is 2.07. The van der Waals surface area contributed by atoms with Crippen molar-refractivity contribution < 1.29 is 9.18 Å². The van der Waals surface area contributed by atoms with E-state index in [2.05, 4.69) is 20.4 Å². The van der Waals surface area contributed by atoms with Crippen LogP contribution in [0.3, 0.4) is 0 Å². The van der Waals surface area contributed by atoms with E-state index in [0.717, 1.165) is 29.1 Å². The molecule has 0 atom stereocenters. The zero-order chi connectivity index (χ0) is 16.2. The Hall–Kier alpha value is -3.09. The quantitative estimate of drug-likeness (QED) is 0.799. The van der Waals surface area contributed by atoms with Crippen LogP contribution in [0, 0.1) is 5.82 Å². The van der Waals surface area contributed by atoms with Crippen molar-refractivity contribution in [2.24, 2.45) is 7.05 Å². The van der Waals surface area contributed by atoms with Crippen molar-refractivity contribution in [3.63, 3.8) is 0 Å². The fourth-order valence-corrected chi connectivity index (χ4v) is 2.07. The minimum atomic E-state index is -0.542. The molecule has 0 unspecified atom stereocenters. The van der Waals surface area contributed by atoms with Crippen molar-refractivity contribution in [2.45, 2.75) is 6.54 Å². The largest absolute Gasteiger partial charge is 0.348 e. The molecule has 0 saturated carbocycles. The Morgan fingerprint density at radius 3 is 2.78 bits per heavy atom. The number of nitrogens with one attached hydrogen (secondary N) is 1. The van der Waals surface area contributed by atoms with Crippen LogP contribution >= 0.6 is 0 Å². The molecule has 7 heteroatoms. The fraction of sp³-hybridized carbons (Fsp3) is 0.125. The van der Waals surface area contributed by atoms with Crippen LogP contribution in [0.15, 0.2) is 49.2 Å². The number of aromatic nitrogens is 4. The molecule has 0 spiro atoms. The number of nitrogens with zero attached hydrogens (tertiary/aromatic N) is 4. The molecule has 0 radical (unpaired) electrons. The van der Waals surface area contributed by atoms with Crippen molar-refractivity contribution in [3.05, 3.63) is 66.1 Å². The van der Waals surface area contributed by atoms with E-state index in [4.69, 9.17) is 0 Å². The van der Waals surface area contributed by atoms with Crippen molar-refractivity contribution in [1.29, 1.82) is 0 Å². The summed E-state index contributed by atoms with van der Waals surface area (Å²) in [6.07, 6.45) is 7.67. The van der Waals surface area contributed by atoms with Gasteiger partial charge in [0.2, 0.25) is 0 Å². The van der Waals surface area contributed by atoms with E-state index in [1.165, 1.54) is 6.20 Å². The number of carbonyl (C=O) groups excluding carboxylic acids is 1. The molecule has 3 aromatic rings. The third-order valence-electron chi connectivity index (χ3n) is 3.25. The third kappa shape index (κ3) is 3.57. The molecule has 0 aliphatic rings. The van der Waals surface area contributed by atoms with Crippen LogP contribution in [0.1, 0.15) is 15.9 Å². The SMILES string of the molecule is Cn1cc(-c2ccc(CNC(=O)c3cncc(F)c3)cn2)cn1. The molecule has 3 heterocycles. The molecule has 0 saturated heterocycles. The predicted molar refractivity (Wildman–Crippen MR) is 81.8 cm³/mol. The van der Waals surface area contributed by atoms with Gasteiger partial charge in [-0.1, -0.05) is 6.07 Å². The van der Waals surface area contributed by atoms with E-state index in [-0.39, 0.29) is 11.5 Å². The normalized spacial score (nSPS) is 10.5. The molecule has 1 N–H and O–H groups in total. The van der Waals surface area contributed by atoms with Crippen LogP contribution in [0.4, 0.5) is 4.39 Å². The standard InChI is InChI=1S/C16H14FN5O/c1-22-10-13(8-21-22)15-3-2-11(5-19-15)6-20-16(23)12-4-14(17)9-18-7-12/h2-5,7-10H,6H2,1H3,(H,20,23). The molecule has 3 rings (SSSR count). The lowest BCUT2D eigenvalue weighted by Crippen LogP contribution is -2.23. The maximum Gasteiger partial charge on any atom is 0.253 e. The lowest BCUT2D eigenvalue weighted by atomic mass is 10.2. The van der Waals surface area contributed by atoms with E-state index >= 15 is 0 Å². The topological polar surface area (TPSA) is 72.7 Å². The molecule has 6 nitrogen and oxygen atoms in total. The first kappa shape index (κ1) is 14.8. The van der Waals surface area contributed by atoms with Crippen molar-refractivity contribution in [2.75, 3.05) is 0 Å². The number of aryl methyl sites for hydroxylation is 1. The van der Waals surface area contributed by atoms with Gasteiger partial charge in [-0.2, -0.15) is 5.10 Å². The molecule has 1 amide bonds. The number of halogens is 1. The van der Waals surface area contributed by atoms with Gasteiger partial charge in [0.05, 0.1) is 23.7 Å². The van der Waals surface area contributed by atoms with Gasteiger partial charge in [-0.05, 0) is 17.7 Å². The van der Waals surface area contributed by atoms with Crippen LogP contribution in [0.2, 0.25) is 0 Å². The number of carbonyl (C=O) groups is 1. The van der Waals surface area contributed by atoms with Gasteiger partial charge in [0.1, 0.15) is 5.82 Å². The molecule has 0 aliphatic heterocycles. The summed E-state index contributed by atoms with van der Waals surface area (Å²) >= 11 is 0. The minimum Gasteiger partial charge on any atom is -0.348 e. The molecule has 0 aliphatic carbocycles. The molecule has 0 fully saturated rings. The smallest absolute Gasteiger partial charge is 0.253 e. The minimum absolute atomic E-state index is 0.185. The predicted octanol–water partition coefficient (Wildman–Crippen LogP) is 1.95. The summed E-state index contributed by atoms with van der Waals surface area (Å²) in [5, 5.41) is 6.80. The maximum absolute atomic E-state index is 13.0. The number of rotatable bonds is 4. The molecule has 116 valence electrons. The molecule has 23 heavy (non-hydrogen) atoms. The molecule has 3 aromatic heterocycles. The second kappa shape index (κ2) is 6.35. The van der Waals surface area contributed by atoms with E-state index in [9.17, 15) is 9.18 Å². The summed E-state index contributed by atoms with van der Waals surface area (Å²) in [7, 11) is 1.84. The van der Waals surface area contributed by atoms with Crippen molar-refractivity contribution in [1.82, 2.24) is 25.1 Å². The first-order valence-electron chi connectivity index (χ1n) is 6.94. The van der Waals surface area contributed by atoms with E-state index < -0.39 is 5.82 Å². The number of pyridine rings is 2. The van der Waals surface area contributed by atoms with Crippen LogP contribution < -0.4 is 5.32 Å². The second-order valence-corrected chi connectivity index (χ2v) is 5.03. The van der Waals surface area contributed by atoms with Crippen LogP contribution in [-0.2, 0) is 13.6 Å². The highest BCUT2D eigenvalue weighted by atomic mass is 19.1. The number of hydrogen-bond donors (Lipinski definition) is 1. The zero-order valence-corrected chi connectivity index (χ0v) is 12.4. The average molecular weight is 311 g/mol. The van der Waals surface area contributed by atoms with Gasteiger partial charge in [-0.15, -0.1) is 0 Å². The summed E-state index contributed by atoms with van der Waals surface area (Å²) in [5.41, 5.74) is 2.76. The summed E-state index contributed by atoms with van der Waals surface area (Å²) in [4.78, 5) is 19.9. The monoisotopic (exact) mass is 311 g/mol. The summed E-state index contributed by atoms with van der Waals surface area (Å²) in [6.45, 7) is 0.301. The van der Waals surface area contributed by atoms with Crippen molar-refractivity contribution in [3.8, 4) is 11.3 Å². The Kier molecular flexibility index (Phi) is 4.09. The van der Waals surface area contributed by atoms with E-state index in [0.29, 0.717) is 6.54 Å². The summed E-state index contributed by atoms with van der Waals surface area (Å²) in [5.74, 6) is -0.923. The first-order chi connectivity index (χ1) is 11.1. The molecule has 0 aromatic carbocycles. The molecule has 0 bridgehead atoms. The average Bonchev–Trinajstić information content (AvgIpc) is 2.99. The summed E-state index contributed by atoms with van der Waals surface area (Å²) in [6, 6.07) is 4.88. The van der Waals surface area contributed by atoms with Crippen molar-refractivity contribution >= 4 is 5.91 Å². The van der Waals surface area contributed by atoms with Gasteiger partial charge in [0.25, 0.3) is 5.91 Å². The molecular formula is C16H14FN5O. The highest BCUT2D eigenvalue weighted by molar-refractivity contribution is 5.93. The van der Waals surface area contributed by atoms with E-state index in [1.54, 1.807) is 17.1 Å². The maximum atomic E-state index is 13.0. The third-order valence-corrected chi connectivity index (χ3v) is 3.25. The first-order valence-corrected chi connectivity index (χ1v) is 6.94. The lowest BCUT2D eigenvalue weighted by molar-refractivity contribution is 0.0950. The lowest BCUT2D eigenvalue weighted by Gasteiger charge is -2.05. The number of amides is 1. The number of hydrogen-bond acceptors (Lipinski definition) is 4. The Labute approximate surface area is 132 Å². The fourth-order valence-electron chi connectivity index (χ4n) is 2.07. The molecular weight excluding hydrogens is 297 g/mol. The van der Waals surface area contributed by atoms with E-state index in [1.807, 2.05) is 25.4 Å². The Balaban J connectivity index is 1.63. The second-order valence-electron chi connectivity index (χ2n) is 5.03. The van der Waals surface area contributed by atoms with Gasteiger partial charge in [-0.25, -0.2) is 4.39 Å². The Morgan fingerprint density at radius 2 is 2.13 bits per heavy atom.